The fourth-order valence-corrected chi connectivity index (χ4v) is 4.36. The van der Waals surface area contributed by atoms with Gasteiger partial charge < -0.3 is 10.2 Å². The van der Waals surface area contributed by atoms with Crippen molar-refractivity contribution in [2.45, 2.75) is 45.4 Å². The fraction of sp³-hybridized carbons (Fsp3) is 0.478. The van der Waals surface area contributed by atoms with Crippen LogP contribution < -0.4 is 0 Å². The van der Waals surface area contributed by atoms with E-state index in [4.69, 9.17) is 0 Å². The normalized spacial score (nSPS) is 24.8. The van der Waals surface area contributed by atoms with Gasteiger partial charge in [0.05, 0.1) is 0 Å². The van der Waals surface area contributed by atoms with Crippen LogP contribution in [0.5, 0.6) is 0 Å². The number of rotatable bonds is 5. The molecular formula is C23H31NO2. The lowest BCUT2D eigenvalue weighted by Crippen LogP contribution is -2.51. The Morgan fingerprint density at radius 1 is 0.885 bits per heavy atom. The van der Waals surface area contributed by atoms with Crippen LogP contribution in [-0.2, 0) is 0 Å². The first-order valence-corrected chi connectivity index (χ1v) is 9.72. The topological polar surface area (TPSA) is 43.7 Å². The van der Waals surface area contributed by atoms with Crippen molar-refractivity contribution < 1.29 is 10.2 Å². The molecule has 0 radical (unpaired) electrons. The third-order valence-corrected chi connectivity index (χ3v) is 5.63. The molecule has 0 saturated carbocycles. The van der Waals surface area contributed by atoms with E-state index >= 15 is 0 Å². The minimum Gasteiger partial charge on any atom is -0.388 e. The first-order chi connectivity index (χ1) is 12.5. The van der Waals surface area contributed by atoms with E-state index in [9.17, 15) is 10.2 Å². The van der Waals surface area contributed by atoms with E-state index in [-0.39, 0.29) is 5.92 Å². The summed E-state index contributed by atoms with van der Waals surface area (Å²) in [4.78, 5) is 2.05. The van der Waals surface area contributed by atoms with Crippen molar-refractivity contribution in [1.29, 1.82) is 0 Å². The second-order valence-corrected chi connectivity index (χ2v) is 8.05. The van der Waals surface area contributed by atoms with Gasteiger partial charge in [0.1, 0.15) is 12.3 Å². The highest BCUT2D eigenvalue weighted by Crippen LogP contribution is 2.33. The van der Waals surface area contributed by atoms with Crippen molar-refractivity contribution in [3.05, 3.63) is 60.2 Å². The molecule has 5 atom stereocenters. The molecule has 3 rings (SSSR count). The van der Waals surface area contributed by atoms with Crippen LogP contribution in [0, 0.1) is 11.8 Å². The molecule has 3 heteroatoms. The maximum atomic E-state index is 10.9. The highest BCUT2D eigenvalue weighted by Gasteiger charge is 2.33. The molecule has 3 nitrogen and oxygen atoms in total. The lowest BCUT2D eigenvalue weighted by Gasteiger charge is -2.40. The van der Waals surface area contributed by atoms with Crippen LogP contribution in [0.4, 0.5) is 0 Å². The predicted molar refractivity (Wildman–Crippen MR) is 107 cm³/mol. The molecule has 0 aliphatic carbocycles. The Bertz CT molecular complexity index is 692. The van der Waals surface area contributed by atoms with E-state index in [0.29, 0.717) is 11.8 Å². The summed E-state index contributed by atoms with van der Waals surface area (Å²) < 4.78 is 0. The summed E-state index contributed by atoms with van der Waals surface area (Å²) in [5, 5.41) is 21.8. The Hall–Kier alpha value is -1.68. The zero-order valence-corrected chi connectivity index (χ0v) is 16.0. The number of nitrogens with zero attached hydrogens (tertiary/aromatic N) is 1. The fourth-order valence-electron chi connectivity index (χ4n) is 4.36. The van der Waals surface area contributed by atoms with Crippen LogP contribution in [0.15, 0.2) is 54.6 Å². The third-order valence-electron chi connectivity index (χ3n) is 5.63. The quantitative estimate of drug-likeness (QED) is 0.850. The lowest BCUT2D eigenvalue weighted by atomic mass is 9.86. The average molecular weight is 354 g/mol. The minimum absolute atomic E-state index is 0.158. The summed E-state index contributed by atoms with van der Waals surface area (Å²) in [5.74, 6) is 0.939. The first kappa shape index (κ1) is 19.1. The van der Waals surface area contributed by atoms with Crippen LogP contribution in [-0.4, -0.2) is 40.5 Å². The van der Waals surface area contributed by atoms with Gasteiger partial charge in [-0.25, -0.2) is 0 Å². The van der Waals surface area contributed by atoms with Crippen molar-refractivity contribution in [3.8, 4) is 11.1 Å². The Labute approximate surface area is 157 Å². The van der Waals surface area contributed by atoms with E-state index in [1.54, 1.807) is 0 Å². The maximum absolute atomic E-state index is 10.9. The Morgan fingerprint density at radius 2 is 1.46 bits per heavy atom. The number of benzene rings is 2. The number of hydrogen-bond donors (Lipinski definition) is 2. The van der Waals surface area contributed by atoms with Crippen molar-refractivity contribution in [2.75, 3.05) is 13.1 Å². The summed E-state index contributed by atoms with van der Waals surface area (Å²) in [6.45, 7) is 8.13. The molecule has 0 aromatic heterocycles. The molecule has 0 spiro atoms. The van der Waals surface area contributed by atoms with Crippen molar-refractivity contribution in [2.24, 2.45) is 11.8 Å². The molecule has 0 bridgehead atoms. The standard InChI is InChI=1S/C23H31NO2/c1-16-13-17(2)15-24(14-16)23(26)22(25)18(3)20-11-7-8-12-21(20)19-9-5-4-6-10-19/h4-12,16-18,22-23,25-26H,13-15H2,1-3H3. The smallest absolute Gasteiger partial charge is 0.134 e. The zero-order chi connectivity index (χ0) is 18.7. The molecule has 140 valence electrons. The van der Waals surface area contributed by atoms with Crippen LogP contribution in [0.3, 0.4) is 0 Å². The molecule has 1 aliphatic rings. The van der Waals surface area contributed by atoms with Crippen LogP contribution in [0.25, 0.3) is 11.1 Å². The van der Waals surface area contributed by atoms with E-state index in [1.165, 1.54) is 6.42 Å². The van der Waals surface area contributed by atoms with Gasteiger partial charge in [0.15, 0.2) is 0 Å². The molecule has 5 unspecified atom stereocenters. The summed E-state index contributed by atoms with van der Waals surface area (Å²) in [6, 6.07) is 18.4. The van der Waals surface area contributed by atoms with Crippen molar-refractivity contribution >= 4 is 0 Å². The van der Waals surface area contributed by atoms with E-state index in [2.05, 4.69) is 38.1 Å². The molecule has 1 saturated heterocycles. The molecule has 1 heterocycles. The highest BCUT2D eigenvalue weighted by atomic mass is 16.3. The van der Waals surface area contributed by atoms with Gasteiger partial charge in [-0.2, -0.15) is 0 Å². The van der Waals surface area contributed by atoms with E-state index < -0.39 is 12.3 Å². The van der Waals surface area contributed by atoms with Gasteiger partial charge >= 0.3 is 0 Å². The largest absolute Gasteiger partial charge is 0.388 e. The first-order valence-electron chi connectivity index (χ1n) is 9.72. The summed E-state index contributed by atoms with van der Waals surface area (Å²) in [7, 11) is 0. The van der Waals surface area contributed by atoms with Gasteiger partial charge in [-0.3, -0.25) is 4.90 Å². The second-order valence-electron chi connectivity index (χ2n) is 8.05. The van der Waals surface area contributed by atoms with Crippen LogP contribution in [0.1, 0.15) is 38.7 Å². The number of likely N-dealkylation sites (tertiary alicyclic amines) is 1. The molecule has 0 amide bonds. The lowest BCUT2D eigenvalue weighted by molar-refractivity contribution is -0.109. The summed E-state index contributed by atoms with van der Waals surface area (Å²) in [5.41, 5.74) is 3.33. The summed E-state index contributed by atoms with van der Waals surface area (Å²) >= 11 is 0. The van der Waals surface area contributed by atoms with Gasteiger partial charge in [0, 0.05) is 19.0 Å². The molecule has 1 fully saturated rings. The Kier molecular flexibility index (Phi) is 6.13. The second kappa shape index (κ2) is 8.34. The van der Waals surface area contributed by atoms with Gasteiger partial charge in [0.2, 0.25) is 0 Å². The van der Waals surface area contributed by atoms with Gasteiger partial charge in [-0.05, 0) is 34.9 Å². The van der Waals surface area contributed by atoms with Crippen LogP contribution in [0.2, 0.25) is 0 Å². The number of aliphatic hydroxyl groups is 2. The zero-order valence-electron chi connectivity index (χ0n) is 16.0. The van der Waals surface area contributed by atoms with E-state index in [1.807, 2.05) is 42.2 Å². The molecule has 2 aromatic rings. The van der Waals surface area contributed by atoms with Crippen molar-refractivity contribution in [3.63, 3.8) is 0 Å². The summed E-state index contributed by atoms with van der Waals surface area (Å²) in [6.07, 6.45) is -0.470. The van der Waals surface area contributed by atoms with Crippen molar-refractivity contribution in [1.82, 2.24) is 4.90 Å². The molecule has 2 N–H and O–H groups in total. The van der Waals surface area contributed by atoms with Crippen LogP contribution >= 0.6 is 0 Å². The number of aliphatic hydroxyl groups excluding tert-OH is 2. The molecule has 1 aliphatic heterocycles. The molecular weight excluding hydrogens is 322 g/mol. The molecule has 26 heavy (non-hydrogen) atoms. The highest BCUT2D eigenvalue weighted by molar-refractivity contribution is 5.68. The Morgan fingerprint density at radius 3 is 2.12 bits per heavy atom. The average Bonchev–Trinajstić information content (AvgIpc) is 2.66. The SMILES string of the molecule is CC1CC(C)CN(C(O)C(O)C(C)c2ccccc2-c2ccccc2)C1. The van der Waals surface area contributed by atoms with Gasteiger partial charge in [-0.1, -0.05) is 75.4 Å². The maximum Gasteiger partial charge on any atom is 0.134 e. The third kappa shape index (κ3) is 4.17. The van der Waals surface area contributed by atoms with E-state index in [0.717, 1.165) is 29.8 Å². The number of hydrogen-bond acceptors (Lipinski definition) is 3. The van der Waals surface area contributed by atoms with Gasteiger partial charge in [-0.15, -0.1) is 0 Å². The van der Waals surface area contributed by atoms with Gasteiger partial charge in [0.25, 0.3) is 0 Å². The predicted octanol–water partition coefficient (Wildman–Crippen LogP) is 4.11. The number of piperidine rings is 1. The monoisotopic (exact) mass is 353 g/mol. The molecule has 2 aromatic carbocycles. The Balaban J connectivity index is 1.82. The minimum atomic E-state index is -0.834.